The molecule has 8 heteroatoms. The van der Waals surface area contributed by atoms with Crippen molar-refractivity contribution < 1.29 is 18.6 Å². The lowest BCUT2D eigenvalue weighted by Crippen LogP contribution is -2.22. The summed E-state index contributed by atoms with van der Waals surface area (Å²) in [4.78, 5) is 0.103. The average molecular weight is 357 g/mol. The van der Waals surface area contributed by atoms with Crippen LogP contribution in [0.15, 0.2) is 53.4 Å². The average Bonchev–Trinajstić information content (AvgIpc) is 2.52. The number of hydrogen-bond donors (Lipinski definition) is 4. The molecule has 0 fully saturated rings. The van der Waals surface area contributed by atoms with Crippen molar-refractivity contribution in [3.05, 3.63) is 53.6 Å². The van der Waals surface area contributed by atoms with E-state index in [1.54, 1.807) is 30.3 Å². The second-order valence-electron chi connectivity index (χ2n) is 4.86. The fourth-order valence-electron chi connectivity index (χ4n) is 1.82. The molecule has 0 heterocycles. The number of benzene rings is 2. The van der Waals surface area contributed by atoms with E-state index in [-0.39, 0.29) is 18.0 Å². The van der Waals surface area contributed by atoms with E-state index >= 15 is 0 Å². The molecule has 0 spiro atoms. The van der Waals surface area contributed by atoms with Crippen LogP contribution in [-0.2, 0) is 10.0 Å². The molecule has 0 saturated carbocycles. The molecule has 1 unspecified atom stereocenters. The molecule has 1 atom stereocenters. The highest BCUT2D eigenvalue weighted by atomic mass is 35.5. The smallest absolute Gasteiger partial charge is 0.261 e. The van der Waals surface area contributed by atoms with Crippen LogP contribution >= 0.6 is 11.6 Å². The van der Waals surface area contributed by atoms with Gasteiger partial charge in [0.15, 0.2) is 0 Å². The molecule has 23 heavy (non-hydrogen) atoms. The lowest BCUT2D eigenvalue weighted by Gasteiger charge is -2.11. The Hall–Kier alpha value is -1.80. The molecule has 0 aliphatic rings. The summed E-state index contributed by atoms with van der Waals surface area (Å²) in [5.74, 6) is 0. The number of sulfonamides is 1. The predicted octanol–water partition coefficient (Wildman–Crippen LogP) is 1.91. The highest BCUT2D eigenvalue weighted by Crippen LogP contribution is 2.20. The number of halogens is 1. The molecule has 0 aliphatic carbocycles. The largest absolute Gasteiger partial charge is 0.394 e. The molecule has 6 nitrogen and oxygen atoms in total. The van der Waals surface area contributed by atoms with E-state index in [1.165, 1.54) is 18.2 Å². The van der Waals surface area contributed by atoms with Crippen LogP contribution in [0, 0.1) is 0 Å². The summed E-state index contributed by atoms with van der Waals surface area (Å²) in [6.07, 6.45) is -0.872. The van der Waals surface area contributed by atoms with Crippen molar-refractivity contribution in [3.8, 4) is 0 Å². The fraction of sp³-hybridized carbons (Fsp3) is 0.200. The Balaban J connectivity index is 2.08. The van der Waals surface area contributed by atoms with Crippen LogP contribution in [-0.4, -0.2) is 37.9 Å². The first-order chi connectivity index (χ1) is 10.9. The zero-order chi connectivity index (χ0) is 16.9. The first kappa shape index (κ1) is 17.6. The van der Waals surface area contributed by atoms with Crippen LogP contribution in [0.4, 0.5) is 11.4 Å². The summed E-state index contributed by atoms with van der Waals surface area (Å²) in [5, 5.41) is 21.3. The molecule has 0 aliphatic heterocycles. The summed E-state index contributed by atoms with van der Waals surface area (Å²) in [7, 11) is -3.71. The van der Waals surface area contributed by atoms with Crippen molar-refractivity contribution in [1.82, 2.24) is 0 Å². The van der Waals surface area contributed by atoms with Crippen LogP contribution in [0.5, 0.6) is 0 Å². The van der Waals surface area contributed by atoms with Gasteiger partial charge in [-0.2, -0.15) is 0 Å². The van der Waals surface area contributed by atoms with Gasteiger partial charge in [0.25, 0.3) is 10.0 Å². The Labute approximate surface area is 139 Å². The van der Waals surface area contributed by atoms with Gasteiger partial charge in [-0.05, 0) is 42.5 Å². The van der Waals surface area contributed by atoms with Crippen molar-refractivity contribution in [1.29, 1.82) is 0 Å². The molecule has 2 aromatic carbocycles. The molecular weight excluding hydrogens is 340 g/mol. The third-order valence-corrected chi connectivity index (χ3v) is 4.63. The summed E-state index contributed by atoms with van der Waals surface area (Å²) < 4.78 is 27.0. The number of aliphatic hydroxyl groups is 2. The molecule has 2 aromatic rings. The summed E-state index contributed by atoms with van der Waals surface area (Å²) in [6, 6.07) is 12.5. The van der Waals surface area contributed by atoms with Crippen molar-refractivity contribution in [2.24, 2.45) is 0 Å². The lowest BCUT2D eigenvalue weighted by molar-refractivity contribution is 0.105. The van der Waals surface area contributed by atoms with Crippen LogP contribution in [0.2, 0.25) is 5.02 Å². The standard InChI is InChI=1S/C15H17ClN2O4S/c16-11-2-1-3-13(8-11)18-23(21,22)15-6-4-12(5-7-15)17-9-14(20)10-19/h1-8,14,17-20H,9-10H2. The minimum atomic E-state index is -3.71. The normalized spacial score (nSPS) is 12.7. The Morgan fingerprint density at radius 2 is 1.78 bits per heavy atom. The summed E-state index contributed by atoms with van der Waals surface area (Å²) >= 11 is 5.83. The highest BCUT2D eigenvalue weighted by Gasteiger charge is 2.14. The number of aliphatic hydroxyl groups excluding tert-OH is 2. The Morgan fingerprint density at radius 1 is 1.09 bits per heavy atom. The van der Waals surface area contributed by atoms with Crippen molar-refractivity contribution >= 4 is 33.0 Å². The number of hydrogen-bond acceptors (Lipinski definition) is 5. The number of anilines is 2. The van der Waals surface area contributed by atoms with E-state index in [1.807, 2.05) is 0 Å². The molecule has 0 amide bonds. The zero-order valence-electron chi connectivity index (χ0n) is 12.1. The van der Waals surface area contributed by atoms with Gasteiger partial charge in [0.2, 0.25) is 0 Å². The van der Waals surface area contributed by atoms with E-state index in [9.17, 15) is 13.5 Å². The molecule has 124 valence electrons. The minimum Gasteiger partial charge on any atom is -0.394 e. The molecule has 4 N–H and O–H groups in total. The van der Waals surface area contributed by atoms with Crippen molar-refractivity contribution in [2.45, 2.75) is 11.0 Å². The lowest BCUT2D eigenvalue weighted by atomic mass is 10.3. The highest BCUT2D eigenvalue weighted by molar-refractivity contribution is 7.92. The molecule has 0 radical (unpaired) electrons. The summed E-state index contributed by atoms with van der Waals surface area (Å²) in [5.41, 5.74) is 1.02. The van der Waals surface area contributed by atoms with E-state index in [0.29, 0.717) is 16.4 Å². The maximum Gasteiger partial charge on any atom is 0.261 e. The Morgan fingerprint density at radius 3 is 2.39 bits per heavy atom. The first-order valence-electron chi connectivity index (χ1n) is 6.82. The van der Waals surface area contributed by atoms with E-state index in [4.69, 9.17) is 16.7 Å². The van der Waals surface area contributed by atoms with Gasteiger partial charge in [0.05, 0.1) is 23.3 Å². The third kappa shape index (κ3) is 5.11. The molecule has 0 aromatic heterocycles. The first-order valence-corrected chi connectivity index (χ1v) is 8.68. The molecule has 0 bridgehead atoms. The number of rotatable bonds is 7. The quantitative estimate of drug-likeness (QED) is 0.607. The van der Waals surface area contributed by atoms with Gasteiger partial charge in [0, 0.05) is 17.3 Å². The molecule has 0 saturated heterocycles. The van der Waals surface area contributed by atoms with E-state index in [2.05, 4.69) is 10.0 Å². The van der Waals surface area contributed by atoms with Crippen LogP contribution in [0.25, 0.3) is 0 Å². The second kappa shape index (κ2) is 7.65. The van der Waals surface area contributed by atoms with Gasteiger partial charge in [-0.25, -0.2) is 8.42 Å². The van der Waals surface area contributed by atoms with Crippen LogP contribution in [0.3, 0.4) is 0 Å². The van der Waals surface area contributed by atoms with Crippen LogP contribution < -0.4 is 10.0 Å². The summed E-state index contributed by atoms with van der Waals surface area (Å²) in [6.45, 7) is -0.174. The maximum absolute atomic E-state index is 12.3. The van der Waals surface area contributed by atoms with Gasteiger partial charge in [-0.1, -0.05) is 17.7 Å². The SMILES string of the molecule is O=S(=O)(Nc1cccc(Cl)c1)c1ccc(NCC(O)CO)cc1. The third-order valence-electron chi connectivity index (χ3n) is 2.99. The fourth-order valence-corrected chi connectivity index (χ4v) is 3.06. The van der Waals surface area contributed by atoms with Gasteiger partial charge in [-0.3, -0.25) is 4.72 Å². The monoisotopic (exact) mass is 356 g/mol. The second-order valence-corrected chi connectivity index (χ2v) is 6.98. The van der Waals surface area contributed by atoms with Crippen molar-refractivity contribution in [2.75, 3.05) is 23.2 Å². The van der Waals surface area contributed by atoms with Gasteiger partial charge in [0.1, 0.15) is 0 Å². The predicted molar refractivity (Wildman–Crippen MR) is 90.3 cm³/mol. The van der Waals surface area contributed by atoms with Crippen LogP contribution in [0.1, 0.15) is 0 Å². The molecular formula is C15H17ClN2O4S. The zero-order valence-corrected chi connectivity index (χ0v) is 13.7. The van der Waals surface area contributed by atoms with E-state index in [0.717, 1.165) is 0 Å². The Kier molecular flexibility index (Phi) is 5.84. The maximum atomic E-state index is 12.3. The van der Waals surface area contributed by atoms with Gasteiger partial charge >= 0.3 is 0 Å². The number of nitrogens with one attached hydrogen (secondary N) is 2. The van der Waals surface area contributed by atoms with E-state index < -0.39 is 16.1 Å². The molecule has 2 rings (SSSR count). The van der Waals surface area contributed by atoms with Crippen molar-refractivity contribution in [3.63, 3.8) is 0 Å². The minimum absolute atomic E-state index is 0.103. The van der Waals surface area contributed by atoms with Gasteiger partial charge < -0.3 is 15.5 Å². The topological polar surface area (TPSA) is 98.7 Å². The Bertz CT molecular complexity index is 750. The van der Waals surface area contributed by atoms with Gasteiger partial charge in [-0.15, -0.1) is 0 Å².